The van der Waals surface area contributed by atoms with Crippen LogP contribution in [-0.4, -0.2) is 41.3 Å². The number of fused-ring (bicyclic) bond motifs is 1. The molecule has 4 amide bonds. The molecule has 1 saturated carbocycles. The maximum Gasteiger partial charge on any atom is 0.255 e. The van der Waals surface area contributed by atoms with Gasteiger partial charge in [0.1, 0.15) is 5.75 Å². The first kappa shape index (κ1) is 21.4. The Morgan fingerprint density at radius 3 is 2.50 bits per heavy atom. The van der Waals surface area contributed by atoms with Crippen LogP contribution in [-0.2, 0) is 4.79 Å². The van der Waals surface area contributed by atoms with E-state index in [4.69, 9.17) is 0 Å². The van der Waals surface area contributed by atoms with Gasteiger partial charge in [0.25, 0.3) is 17.7 Å². The second kappa shape index (κ2) is 9.09. The van der Waals surface area contributed by atoms with Crippen LogP contribution in [0.3, 0.4) is 0 Å². The van der Waals surface area contributed by atoms with Crippen molar-refractivity contribution in [3.8, 4) is 5.75 Å². The van der Waals surface area contributed by atoms with E-state index in [9.17, 15) is 24.3 Å². The highest BCUT2D eigenvalue weighted by atomic mass is 16.3. The highest BCUT2D eigenvalue weighted by Gasteiger charge is 2.21. The van der Waals surface area contributed by atoms with Crippen LogP contribution in [0.5, 0.6) is 5.75 Å². The molecule has 1 heterocycles. The van der Waals surface area contributed by atoms with Crippen LogP contribution >= 0.6 is 0 Å². The Labute approximate surface area is 184 Å². The lowest BCUT2D eigenvalue weighted by Gasteiger charge is -2.23. The molecule has 2 aromatic rings. The number of aromatic hydroxyl groups is 1. The number of hydrogen-bond acceptors (Lipinski definition) is 5. The average Bonchev–Trinajstić information content (AvgIpc) is 2.92. The van der Waals surface area contributed by atoms with Gasteiger partial charge < -0.3 is 26.4 Å². The van der Waals surface area contributed by atoms with E-state index in [1.54, 1.807) is 0 Å². The van der Waals surface area contributed by atoms with Crippen molar-refractivity contribution < 1.29 is 24.3 Å². The Hall–Kier alpha value is -3.88. The SMILES string of the molecule is O=C1CNC(=O)c2ccc(C(=O)Nc3ccc(C(=O)NC4CCCCC4)c(O)c3)cc2N1. The molecule has 32 heavy (non-hydrogen) atoms. The summed E-state index contributed by atoms with van der Waals surface area (Å²) < 4.78 is 0. The molecule has 9 heteroatoms. The summed E-state index contributed by atoms with van der Waals surface area (Å²) in [4.78, 5) is 48.9. The molecule has 2 aliphatic rings. The molecule has 2 aromatic carbocycles. The molecule has 0 unspecified atom stereocenters. The zero-order valence-electron chi connectivity index (χ0n) is 17.4. The fraction of sp³-hybridized carbons (Fsp3) is 0.304. The predicted octanol–water partition coefficient (Wildman–Crippen LogP) is 2.39. The first-order valence-electron chi connectivity index (χ1n) is 10.6. The number of amides is 4. The van der Waals surface area contributed by atoms with Crippen LogP contribution in [0.25, 0.3) is 0 Å². The van der Waals surface area contributed by atoms with E-state index in [-0.39, 0.29) is 52.5 Å². The fourth-order valence-electron chi connectivity index (χ4n) is 3.95. The number of rotatable bonds is 4. The minimum absolute atomic E-state index is 0.116. The number of phenols is 1. The second-order valence-electron chi connectivity index (χ2n) is 7.99. The normalized spacial score (nSPS) is 16.2. The first-order valence-corrected chi connectivity index (χ1v) is 10.6. The third-order valence-corrected chi connectivity index (χ3v) is 5.65. The van der Waals surface area contributed by atoms with Gasteiger partial charge in [-0.2, -0.15) is 0 Å². The fourth-order valence-corrected chi connectivity index (χ4v) is 3.95. The van der Waals surface area contributed by atoms with Crippen molar-refractivity contribution in [3.05, 3.63) is 53.1 Å². The van der Waals surface area contributed by atoms with E-state index in [0.717, 1.165) is 25.7 Å². The van der Waals surface area contributed by atoms with Crippen LogP contribution in [0.1, 0.15) is 63.2 Å². The maximum absolute atomic E-state index is 12.7. The van der Waals surface area contributed by atoms with Crippen LogP contribution < -0.4 is 21.3 Å². The number of carbonyl (C=O) groups excluding carboxylic acids is 4. The molecule has 1 aliphatic carbocycles. The Morgan fingerprint density at radius 1 is 0.969 bits per heavy atom. The molecule has 0 bridgehead atoms. The van der Waals surface area contributed by atoms with Gasteiger partial charge in [-0.25, -0.2) is 0 Å². The molecule has 5 N–H and O–H groups in total. The Kier molecular flexibility index (Phi) is 6.07. The molecule has 4 rings (SSSR count). The van der Waals surface area contributed by atoms with Gasteiger partial charge in [0, 0.05) is 23.4 Å². The summed E-state index contributed by atoms with van der Waals surface area (Å²) in [6.45, 7) is -0.144. The quantitative estimate of drug-likeness (QED) is 0.501. The highest BCUT2D eigenvalue weighted by Crippen LogP contribution is 2.25. The third-order valence-electron chi connectivity index (χ3n) is 5.65. The van der Waals surface area contributed by atoms with Crippen LogP contribution in [0.4, 0.5) is 11.4 Å². The van der Waals surface area contributed by atoms with Crippen molar-refractivity contribution in [1.82, 2.24) is 10.6 Å². The monoisotopic (exact) mass is 436 g/mol. The van der Waals surface area contributed by atoms with Crippen molar-refractivity contribution >= 4 is 35.0 Å². The molecule has 0 spiro atoms. The summed E-state index contributed by atoms with van der Waals surface area (Å²) in [6, 6.07) is 8.77. The largest absolute Gasteiger partial charge is 0.507 e. The van der Waals surface area contributed by atoms with E-state index in [0.29, 0.717) is 5.69 Å². The lowest BCUT2D eigenvalue weighted by molar-refractivity contribution is -0.115. The van der Waals surface area contributed by atoms with Gasteiger partial charge in [0.05, 0.1) is 23.4 Å². The summed E-state index contributed by atoms with van der Waals surface area (Å²) in [5.74, 6) is -1.86. The van der Waals surface area contributed by atoms with Gasteiger partial charge in [0.2, 0.25) is 5.91 Å². The maximum atomic E-state index is 12.7. The minimum atomic E-state index is -0.495. The van der Waals surface area contributed by atoms with Crippen LogP contribution in [0.2, 0.25) is 0 Å². The molecule has 0 radical (unpaired) electrons. The summed E-state index contributed by atoms with van der Waals surface area (Å²) in [5, 5.41) is 21.0. The molecule has 0 saturated heterocycles. The Balaban J connectivity index is 1.45. The number of carbonyl (C=O) groups is 4. The van der Waals surface area contributed by atoms with Crippen molar-refractivity contribution in [2.24, 2.45) is 0 Å². The molecular formula is C23H24N4O5. The predicted molar refractivity (Wildman–Crippen MR) is 118 cm³/mol. The third kappa shape index (κ3) is 4.72. The van der Waals surface area contributed by atoms with Crippen molar-refractivity contribution in [2.45, 2.75) is 38.1 Å². The molecule has 166 valence electrons. The van der Waals surface area contributed by atoms with Gasteiger partial charge >= 0.3 is 0 Å². The van der Waals surface area contributed by atoms with Crippen LogP contribution in [0.15, 0.2) is 36.4 Å². The molecule has 1 fully saturated rings. The van der Waals surface area contributed by atoms with Gasteiger partial charge in [-0.05, 0) is 43.2 Å². The van der Waals surface area contributed by atoms with E-state index < -0.39 is 11.8 Å². The minimum Gasteiger partial charge on any atom is -0.507 e. The van der Waals surface area contributed by atoms with E-state index >= 15 is 0 Å². The highest BCUT2D eigenvalue weighted by molar-refractivity contribution is 6.11. The zero-order chi connectivity index (χ0) is 22.7. The van der Waals surface area contributed by atoms with E-state index in [1.807, 2.05) is 0 Å². The van der Waals surface area contributed by atoms with Gasteiger partial charge in [-0.3, -0.25) is 19.2 Å². The summed E-state index contributed by atoms with van der Waals surface area (Å²) in [6.07, 6.45) is 5.21. The lowest BCUT2D eigenvalue weighted by atomic mass is 9.95. The lowest BCUT2D eigenvalue weighted by Crippen LogP contribution is -2.36. The van der Waals surface area contributed by atoms with Crippen molar-refractivity contribution in [1.29, 1.82) is 0 Å². The Bertz CT molecular complexity index is 1090. The average molecular weight is 436 g/mol. The number of benzene rings is 2. The van der Waals surface area contributed by atoms with Gasteiger partial charge in [0.15, 0.2) is 0 Å². The smallest absolute Gasteiger partial charge is 0.255 e. The first-order chi connectivity index (χ1) is 15.4. The number of anilines is 2. The summed E-state index contributed by atoms with van der Waals surface area (Å²) >= 11 is 0. The van der Waals surface area contributed by atoms with Crippen molar-refractivity contribution in [2.75, 3.05) is 17.2 Å². The van der Waals surface area contributed by atoms with Gasteiger partial charge in [-0.15, -0.1) is 0 Å². The molecule has 9 nitrogen and oxygen atoms in total. The van der Waals surface area contributed by atoms with Crippen molar-refractivity contribution in [3.63, 3.8) is 0 Å². The topological polar surface area (TPSA) is 137 Å². The summed E-state index contributed by atoms with van der Waals surface area (Å²) in [5.41, 5.74) is 1.18. The Morgan fingerprint density at radius 2 is 1.75 bits per heavy atom. The number of phenolic OH excluding ortho intramolecular Hbond substituents is 1. The number of nitrogens with one attached hydrogen (secondary N) is 4. The van der Waals surface area contributed by atoms with Crippen LogP contribution in [0, 0.1) is 0 Å². The standard InChI is InChI=1S/C23H24N4O5/c28-19-11-15(7-9-17(19)23(32)25-14-4-2-1-3-5-14)26-21(30)13-6-8-16-18(10-13)27-20(29)12-24-22(16)31/h6-11,14,28H,1-5,12H2,(H,24,31)(H,25,32)(H,26,30)(H,27,29). The molecule has 0 aromatic heterocycles. The molecule has 0 atom stereocenters. The second-order valence-corrected chi connectivity index (χ2v) is 7.99. The molecule has 1 aliphatic heterocycles. The molecular weight excluding hydrogens is 412 g/mol. The number of hydrogen-bond donors (Lipinski definition) is 5. The zero-order valence-corrected chi connectivity index (χ0v) is 17.4. The summed E-state index contributed by atoms with van der Waals surface area (Å²) in [7, 11) is 0. The van der Waals surface area contributed by atoms with Gasteiger partial charge in [-0.1, -0.05) is 19.3 Å². The van der Waals surface area contributed by atoms with E-state index in [2.05, 4.69) is 21.3 Å². The van der Waals surface area contributed by atoms with E-state index in [1.165, 1.54) is 42.8 Å².